The fourth-order valence-electron chi connectivity index (χ4n) is 2.67. The second-order valence-electron chi connectivity index (χ2n) is 5.35. The van der Waals surface area contributed by atoms with Gasteiger partial charge < -0.3 is 25.0 Å². The van der Waals surface area contributed by atoms with Gasteiger partial charge in [0.15, 0.2) is 0 Å². The van der Waals surface area contributed by atoms with E-state index in [9.17, 15) is 20.4 Å². The molecule has 1 aromatic carbocycles. The maximum Gasteiger partial charge on any atom is 0.141 e. The Labute approximate surface area is 127 Å². The van der Waals surface area contributed by atoms with Crippen molar-refractivity contribution in [1.82, 2.24) is 9.55 Å². The van der Waals surface area contributed by atoms with Gasteiger partial charge >= 0.3 is 0 Å². The highest BCUT2D eigenvalue weighted by atomic mass is 16.4. The Morgan fingerprint density at radius 3 is 2.45 bits per heavy atom. The maximum absolute atomic E-state index is 10.0. The lowest BCUT2D eigenvalue weighted by Gasteiger charge is -2.35. The van der Waals surface area contributed by atoms with Crippen LogP contribution in [0.5, 0.6) is 0 Å². The Kier molecular flexibility index (Phi) is 4.08. The zero-order valence-corrected chi connectivity index (χ0v) is 11.8. The average Bonchev–Trinajstić information content (AvgIpc) is 2.96. The largest absolute Gasteiger partial charge is 0.394 e. The van der Waals surface area contributed by atoms with Crippen molar-refractivity contribution < 1.29 is 20.4 Å². The molecule has 2 heterocycles. The Morgan fingerprint density at radius 1 is 1.05 bits per heavy atom. The Morgan fingerprint density at radius 2 is 1.77 bits per heavy atom. The Bertz CT molecular complexity index is 668. The summed E-state index contributed by atoms with van der Waals surface area (Å²) in [6.45, 7) is -0.351. The van der Waals surface area contributed by atoms with E-state index in [-0.39, 0.29) is 12.4 Å². The van der Waals surface area contributed by atoms with E-state index < -0.39 is 24.4 Å². The van der Waals surface area contributed by atoms with Gasteiger partial charge in [-0.3, -0.25) is 0 Å². The molecule has 0 saturated carbocycles. The number of hydrogen-bond donors (Lipinski definition) is 4. The van der Waals surface area contributed by atoms with E-state index in [0.717, 1.165) is 5.56 Å². The number of imidazole rings is 1. The molecule has 4 N–H and O–H groups in total. The van der Waals surface area contributed by atoms with Crippen LogP contribution < -0.4 is 0 Å². The first-order valence-electron chi connectivity index (χ1n) is 7.09. The lowest BCUT2D eigenvalue weighted by Crippen LogP contribution is -2.46. The molecule has 1 aliphatic heterocycles. The van der Waals surface area contributed by atoms with Crippen LogP contribution in [0.1, 0.15) is 29.2 Å². The number of aliphatic hydroxyl groups excluding tert-OH is 4. The SMILES string of the molecule is OC[C@@H]1[C@@H](O)[C@H](O)[C@H](O)c2nc(/C=C/c3ccccc3)cn21. The van der Waals surface area contributed by atoms with Crippen LogP contribution in [-0.4, -0.2) is 48.8 Å². The van der Waals surface area contributed by atoms with Gasteiger partial charge in [0.25, 0.3) is 0 Å². The van der Waals surface area contributed by atoms with Crippen LogP contribution in [0.15, 0.2) is 36.5 Å². The molecule has 22 heavy (non-hydrogen) atoms. The average molecular weight is 302 g/mol. The number of aliphatic hydroxyl groups is 4. The third kappa shape index (κ3) is 2.57. The van der Waals surface area contributed by atoms with Crippen molar-refractivity contribution in [1.29, 1.82) is 0 Å². The van der Waals surface area contributed by atoms with Gasteiger partial charge in [-0.25, -0.2) is 4.98 Å². The summed E-state index contributed by atoms with van der Waals surface area (Å²) in [4.78, 5) is 4.27. The highest BCUT2D eigenvalue weighted by Crippen LogP contribution is 2.32. The lowest BCUT2D eigenvalue weighted by atomic mass is 9.96. The quantitative estimate of drug-likeness (QED) is 0.656. The number of benzene rings is 1. The van der Waals surface area contributed by atoms with Crippen molar-refractivity contribution >= 4 is 12.2 Å². The van der Waals surface area contributed by atoms with E-state index in [2.05, 4.69) is 4.98 Å². The molecule has 6 heteroatoms. The van der Waals surface area contributed by atoms with Crippen LogP contribution in [0, 0.1) is 0 Å². The molecule has 3 rings (SSSR count). The van der Waals surface area contributed by atoms with Crippen LogP contribution >= 0.6 is 0 Å². The zero-order valence-electron chi connectivity index (χ0n) is 11.8. The summed E-state index contributed by atoms with van der Waals surface area (Å²) in [5, 5.41) is 39.2. The molecule has 0 saturated heterocycles. The van der Waals surface area contributed by atoms with Gasteiger partial charge in [0, 0.05) is 6.20 Å². The maximum atomic E-state index is 10.0. The summed E-state index contributed by atoms with van der Waals surface area (Å²) in [5.41, 5.74) is 1.59. The minimum absolute atomic E-state index is 0.240. The van der Waals surface area contributed by atoms with Crippen molar-refractivity contribution in [2.24, 2.45) is 0 Å². The molecule has 0 amide bonds. The molecule has 0 bridgehead atoms. The molecular formula is C16H18N2O4. The lowest BCUT2D eigenvalue weighted by molar-refractivity contribution is -0.108. The van der Waals surface area contributed by atoms with Crippen molar-refractivity contribution in [3.63, 3.8) is 0 Å². The first-order chi connectivity index (χ1) is 10.6. The van der Waals surface area contributed by atoms with E-state index in [4.69, 9.17) is 0 Å². The van der Waals surface area contributed by atoms with Crippen LogP contribution in [0.2, 0.25) is 0 Å². The van der Waals surface area contributed by atoms with Crippen molar-refractivity contribution in [2.75, 3.05) is 6.61 Å². The fraction of sp³-hybridized carbons (Fsp3) is 0.312. The molecule has 116 valence electrons. The van der Waals surface area contributed by atoms with E-state index in [0.29, 0.717) is 5.69 Å². The van der Waals surface area contributed by atoms with Crippen molar-refractivity contribution in [3.05, 3.63) is 53.6 Å². The number of fused-ring (bicyclic) bond motifs is 1. The summed E-state index contributed by atoms with van der Waals surface area (Å²) in [6, 6.07) is 8.96. The molecule has 0 radical (unpaired) electrons. The van der Waals surface area contributed by atoms with E-state index in [1.807, 2.05) is 36.4 Å². The van der Waals surface area contributed by atoms with Crippen molar-refractivity contribution in [2.45, 2.75) is 24.4 Å². The van der Waals surface area contributed by atoms with Gasteiger partial charge in [0.2, 0.25) is 0 Å². The number of aromatic nitrogens is 2. The van der Waals surface area contributed by atoms with Gasteiger partial charge in [-0.15, -0.1) is 0 Å². The molecule has 0 unspecified atom stereocenters. The highest BCUT2D eigenvalue weighted by Gasteiger charge is 2.41. The number of nitrogens with zero attached hydrogens (tertiary/aromatic N) is 2. The van der Waals surface area contributed by atoms with E-state index in [1.165, 1.54) is 4.57 Å². The molecule has 0 fully saturated rings. The standard InChI is InChI=1S/C16H18N2O4/c19-9-12-13(20)14(21)15(22)16-17-11(8-18(12)16)7-6-10-4-2-1-3-5-10/h1-8,12-15,19-22H,9H2/b7-6+/t12-,13-,14+,15+/m1/s1. The Hall–Kier alpha value is -1.99. The number of hydrogen-bond acceptors (Lipinski definition) is 5. The molecule has 2 aromatic rings. The molecular weight excluding hydrogens is 284 g/mol. The van der Waals surface area contributed by atoms with Gasteiger partial charge in [0.05, 0.1) is 18.3 Å². The summed E-state index contributed by atoms with van der Waals surface area (Å²) in [6.07, 6.45) is 1.41. The van der Waals surface area contributed by atoms with Gasteiger partial charge in [0.1, 0.15) is 24.1 Å². The monoisotopic (exact) mass is 302 g/mol. The molecule has 0 aliphatic carbocycles. The van der Waals surface area contributed by atoms with Crippen LogP contribution in [-0.2, 0) is 0 Å². The molecule has 1 aliphatic rings. The third-order valence-electron chi connectivity index (χ3n) is 3.90. The molecule has 4 atom stereocenters. The first kappa shape index (κ1) is 14.9. The summed E-state index contributed by atoms with van der Waals surface area (Å²) in [5.74, 6) is 0.240. The Balaban J connectivity index is 1.92. The molecule has 1 aromatic heterocycles. The van der Waals surface area contributed by atoms with Crippen LogP contribution in [0.3, 0.4) is 0 Å². The normalized spacial score (nSPS) is 28.0. The first-order valence-corrected chi connectivity index (χ1v) is 7.09. The van der Waals surface area contributed by atoms with Gasteiger partial charge in [-0.1, -0.05) is 36.4 Å². The highest BCUT2D eigenvalue weighted by molar-refractivity contribution is 5.67. The smallest absolute Gasteiger partial charge is 0.141 e. The zero-order chi connectivity index (χ0) is 15.7. The summed E-state index contributed by atoms with van der Waals surface area (Å²) in [7, 11) is 0. The van der Waals surface area contributed by atoms with Gasteiger partial charge in [-0.2, -0.15) is 0 Å². The van der Waals surface area contributed by atoms with E-state index in [1.54, 1.807) is 12.3 Å². The predicted octanol–water partition coefficient (Wildman–Crippen LogP) is 0.356. The summed E-state index contributed by atoms with van der Waals surface area (Å²) < 4.78 is 1.52. The minimum Gasteiger partial charge on any atom is -0.394 e. The summed E-state index contributed by atoms with van der Waals surface area (Å²) >= 11 is 0. The van der Waals surface area contributed by atoms with Crippen molar-refractivity contribution in [3.8, 4) is 0 Å². The van der Waals surface area contributed by atoms with Crippen LogP contribution in [0.25, 0.3) is 12.2 Å². The van der Waals surface area contributed by atoms with Crippen LogP contribution in [0.4, 0.5) is 0 Å². The molecule has 6 nitrogen and oxygen atoms in total. The predicted molar refractivity (Wildman–Crippen MR) is 80.7 cm³/mol. The third-order valence-corrected chi connectivity index (χ3v) is 3.90. The second-order valence-corrected chi connectivity index (χ2v) is 5.35. The topological polar surface area (TPSA) is 98.7 Å². The second kappa shape index (κ2) is 6.02. The number of rotatable bonds is 3. The van der Waals surface area contributed by atoms with E-state index >= 15 is 0 Å². The molecule has 0 spiro atoms. The fourth-order valence-corrected chi connectivity index (χ4v) is 2.67. The van der Waals surface area contributed by atoms with Gasteiger partial charge in [-0.05, 0) is 11.6 Å². The minimum atomic E-state index is -1.36.